The number of hydrogen-bond donors (Lipinski definition) is 0. The van der Waals surface area contributed by atoms with Crippen LogP contribution in [0.3, 0.4) is 0 Å². The zero-order valence-corrected chi connectivity index (χ0v) is 17.2. The second-order valence-corrected chi connectivity index (χ2v) is 8.14. The first-order valence-corrected chi connectivity index (χ1v) is 11.0. The molecule has 0 aromatic heterocycles. The molecule has 0 N–H and O–H groups in total. The van der Waals surface area contributed by atoms with Crippen molar-refractivity contribution in [3.05, 3.63) is 65.2 Å². The number of rotatable bonds is 12. The van der Waals surface area contributed by atoms with Crippen molar-refractivity contribution >= 4 is 7.60 Å². The third-order valence-corrected chi connectivity index (χ3v) is 5.99. The lowest BCUT2D eigenvalue weighted by Gasteiger charge is -2.17. The third kappa shape index (κ3) is 7.47. The molecule has 148 valence electrons. The Bertz CT molecular complexity index is 702. The number of benzene rings is 2. The molecule has 0 aliphatic carbocycles. The van der Waals surface area contributed by atoms with Crippen LogP contribution in [0.15, 0.2) is 48.5 Å². The lowest BCUT2D eigenvalue weighted by molar-refractivity contribution is 0.146. The van der Waals surface area contributed by atoms with Gasteiger partial charge in [-0.15, -0.1) is 0 Å². The van der Waals surface area contributed by atoms with Gasteiger partial charge in [0.25, 0.3) is 0 Å². The Labute approximate surface area is 162 Å². The van der Waals surface area contributed by atoms with Crippen molar-refractivity contribution in [2.45, 2.75) is 26.4 Å². The predicted octanol–water partition coefficient (Wildman–Crippen LogP) is 5.07. The first-order valence-electron chi connectivity index (χ1n) is 9.25. The molecule has 0 spiro atoms. The Balaban J connectivity index is 1.94. The average molecular weight is 392 g/mol. The van der Waals surface area contributed by atoms with Crippen LogP contribution in [0, 0.1) is 0 Å². The predicted molar refractivity (Wildman–Crippen MR) is 108 cm³/mol. The fourth-order valence-electron chi connectivity index (χ4n) is 2.69. The Kier molecular flexibility index (Phi) is 9.02. The van der Waals surface area contributed by atoms with E-state index in [9.17, 15) is 4.57 Å². The molecule has 5 nitrogen and oxygen atoms in total. The average Bonchev–Trinajstić information content (AvgIpc) is 2.65. The molecule has 0 unspecified atom stereocenters. The molecule has 0 saturated heterocycles. The van der Waals surface area contributed by atoms with E-state index in [0.717, 1.165) is 17.7 Å². The van der Waals surface area contributed by atoms with Crippen LogP contribution >= 0.6 is 7.60 Å². The lowest BCUT2D eigenvalue weighted by atomic mass is 10.0. The first-order chi connectivity index (χ1) is 13.1. The Hall–Kier alpha value is -1.65. The van der Waals surface area contributed by atoms with Gasteiger partial charge in [-0.2, -0.15) is 0 Å². The maximum atomic E-state index is 12.6. The van der Waals surface area contributed by atoms with Crippen LogP contribution in [0.5, 0.6) is 5.75 Å². The fourth-order valence-corrected chi connectivity index (χ4v) is 4.39. The summed E-state index contributed by atoms with van der Waals surface area (Å²) in [5.41, 5.74) is 3.34. The molecule has 0 aliphatic rings. The third-order valence-electron chi connectivity index (χ3n) is 3.94. The number of ether oxygens (including phenoxy) is 2. The van der Waals surface area contributed by atoms with Crippen molar-refractivity contribution in [3.8, 4) is 5.75 Å². The maximum Gasteiger partial charge on any atom is 0.335 e. The fraction of sp³-hybridized carbons (Fsp3) is 0.429. The van der Waals surface area contributed by atoms with E-state index in [1.54, 1.807) is 7.11 Å². The van der Waals surface area contributed by atoms with Gasteiger partial charge in [-0.05, 0) is 49.1 Å². The van der Waals surface area contributed by atoms with Gasteiger partial charge in [0, 0.05) is 7.11 Å². The molecule has 2 rings (SSSR count). The highest BCUT2D eigenvalue weighted by Crippen LogP contribution is 2.51. The lowest BCUT2D eigenvalue weighted by Crippen LogP contribution is -2.04. The van der Waals surface area contributed by atoms with E-state index in [2.05, 4.69) is 24.3 Å². The highest BCUT2D eigenvalue weighted by atomic mass is 31.2. The quantitative estimate of drug-likeness (QED) is 0.373. The molecule has 6 heteroatoms. The van der Waals surface area contributed by atoms with Gasteiger partial charge in [-0.1, -0.05) is 36.4 Å². The van der Waals surface area contributed by atoms with E-state index in [4.69, 9.17) is 18.5 Å². The summed E-state index contributed by atoms with van der Waals surface area (Å²) in [4.78, 5) is 0. The molecule has 0 heterocycles. The summed E-state index contributed by atoms with van der Waals surface area (Å²) in [5, 5.41) is 0. The SMILES string of the molecule is CCOP(=O)(Cc1ccc(Cc2ccc(OCCOC)cc2)cc1)OCC. The minimum absolute atomic E-state index is 0.294. The monoisotopic (exact) mass is 392 g/mol. The van der Waals surface area contributed by atoms with Gasteiger partial charge in [-0.3, -0.25) is 4.57 Å². The summed E-state index contributed by atoms with van der Waals surface area (Å²) in [6, 6.07) is 16.2. The van der Waals surface area contributed by atoms with Crippen LogP contribution in [0.1, 0.15) is 30.5 Å². The summed E-state index contributed by atoms with van der Waals surface area (Å²) >= 11 is 0. The van der Waals surface area contributed by atoms with Gasteiger partial charge in [-0.25, -0.2) is 0 Å². The van der Waals surface area contributed by atoms with Crippen LogP contribution in [-0.4, -0.2) is 33.5 Å². The molecule has 0 aliphatic heterocycles. The van der Waals surface area contributed by atoms with Gasteiger partial charge >= 0.3 is 7.60 Å². The van der Waals surface area contributed by atoms with E-state index < -0.39 is 7.60 Å². The van der Waals surface area contributed by atoms with Gasteiger partial charge in [0.15, 0.2) is 0 Å². The van der Waals surface area contributed by atoms with E-state index in [1.165, 1.54) is 11.1 Å². The van der Waals surface area contributed by atoms with Crippen LogP contribution in [0.4, 0.5) is 0 Å². The van der Waals surface area contributed by atoms with Crippen molar-refractivity contribution < 1.29 is 23.1 Å². The molecular weight excluding hydrogens is 363 g/mol. The maximum absolute atomic E-state index is 12.6. The van der Waals surface area contributed by atoms with Gasteiger partial charge in [0.05, 0.1) is 26.0 Å². The largest absolute Gasteiger partial charge is 0.491 e. The molecule has 0 bridgehead atoms. The zero-order valence-electron chi connectivity index (χ0n) is 16.3. The van der Waals surface area contributed by atoms with Crippen LogP contribution in [0.25, 0.3) is 0 Å². The summed E-state index contributed by atoms with van der Waals surface area (Å²) in [5.74, 6) is 0.841. The molecular formula is C21H29O5P. The summed E-state index contributed by atoms with van der Waals surface area (Å²) < 4.78 is 33.9. The minimum atomic E-state index is -3.06. The highest BCUT2D eigenvalue weighted by Gasteiger charge is 2.23. The summed E-state index contributed by atoms with van der Waals surface area (Å²) in [6.45, 7) is 5.52. The Morgan fingerprint density at radius 1 is 0.778 bits per heavy atom. The van der Waals surface area contributed by atoms with Crippen molar-refractivity contribution in [1.29, 1.82) is 0 Å². The van der Waals surface area contributed by atoms with E-state index in [0.29, 0.717) is 32.6 Å². The second kappa shape index (κ2) is 11.3. The molecule has 27 heavy (non-hydrogen) atoms. The normalized spacial score (nSPS) is 11.5. The molecule has 0 amide bonds. The Morgan fingerprint density at radius 3 is 1.81 bits per heavy atom. The summed E-state index contributed by atoms with van der Waals surface area (Å²) in [7, 11) is -1.41. The molecule has 2 aromatic rings. The van der Waals surface area contributed by atoms with Crippen molar-refractivity contribution in [3.63, 3.8) is 0 Å². The van der Waals surface area contributed by atoms with Gasteiger partial charge in [0.2, 0.25) is 0 Å². The van der Waals surface area contributed by atoms with Crippen LogP contribution in [-0.2, 0) is 30.9 Å². The Morgan fingerprint density at radius 2 is 1.30 bits per heavy atom. The van der Waals surface area contributed by atoms with Gasteiger partial charge in [0.1, 0.15) is 12.4 Å². The first kappa shape index (κ1) is 21.6. The van der Waals surface area contributed by atoms with Crippen LogP contribution < -0.4 is 4.74 Å². The van der Waals surface area contributed by atoms with Crippen molar-refractivity contribution in [2.24, 2.45) is 0 Å². The number of methoxy groups -OCH3 is 1. The highest BCUT2D eigenvalue weighted by molar-refractivity contribution is 7.53. The van der Waals surface area contributed by atoms with E-state index >= 15 is 0 Å². The van der Waals surface area contributed by atoms with E-state index in [1.807, 2.05) is 38.1 Å². The molecule has 0 fully saturated rings. The summed E-state index contributed by atoms with van der Waals surface area (Å²) in [6.07, 6.45) is 1.12. The number of hydrogen-bond acceptors (Lipinski definition) is 5. The van der Waals surface area contributed by atoms with Gasteiger partial charge < -0.3 is 18.5 Å². The zero-order chi connectivity index (χ0) is 19.5. The molecule has 0 saturated carbocycles. The smallest absolute Gasteiger partial charge is 0.335 e. The van der Waals surface area contributed by atoms with Crippen molar-refractivity contribution in [1.82, 2.24) is 0 Å². The minimum Gasteiger partial charge on any atom is -0.491 e. The van der Waals surface area contributed by atoms with E-state index in [-0.39, 0.29) is 0 Å². The second-order valence-electron chi connectivity index (χ2n) is 6.08. The molecule has 2 aromatic carbocycles. The standard InChI is InChI=1S/C21H29O5P/c1-4-25-27(22,26-5-2)17-20-8-6-18(7-9-20)16-19-10-12-21(13-11-19)24-15-14-23-3/h6-13H,4-5,14-17H2,1-3H3. The molecule has 0 atom stereocenters. The topological polar surface area (TPSA) is 54.0 Å². The van der Waals surface area contributed by atoms with Crippen LogP contribution in [0.2, 0.25) is 0 Å². The van der Waals surface area contributed by atoms with Crippen molar-refractivity contribution in [2.75, 3.05) is 33.5 Å². The molecule has 0 radical (unpaired) electrons.